The van der Waals surface area contributed by atoms with Crippen LogP contribution in [-0.4, -0.2) is 32.0 Å². The molecule has 2 amide bonds. The summed E-state index contributed by atoms with van der Waals surface area (Å²) in [6, 6.07) is 4.17. The SMILES string of the molecule is COc1ccc(F)cc1CC1CNC(=O)CNC1=O. The molecule has 1 saturated heterocycles. The van der Waals surface area contributed by atoms with E-state index in [0.29, 0.717) is 17.7 Å². The molecule has 0 bridgehead atoms. The average molecular weight is 266 g/mol. The molecule has 0 aliphatic carbocycles. The highest BCUT2D eigenvalue weighted by molar-refractivity contribution is 5.88. The monoisotopic (exact) mass is 266 g/mol. The van der Waals surface area contributed by atoms with E-state index in [2.05, 4.69) is 10.6 Å². The van der Waals surface area contributed by atoms with Crippen molar-refractivity contribution in [1.29, 1.82) is 0 Å². The molecule has 1 fully saturated rings. The minimum Gasteiger partial charge on any atom is -0.496 e. The minimum atomic E-state index is -0.429. The summed E-state index contributed by atoms with van der Waals surface area (Å²) in [5.74, 6) is -0.715. The van der Waals surface area contributed by atoms with E-state index in [9.17, 15) is 14.0 Å². The number of nitrogens with one attached hydrogen (secondary N) is 2. The Hall–Kier alpha value is -2.11. The number of carbonyl (C=O) groups is 2. The normalized spacial score (nSPS) is 19.4. The average Bonchev–Trinajstić information content (AvgIpc) is 2.54. The summed E-state index contributed by atoms with van der Waals surface area (Å²) < 4.78 is 18.4. The first-order valence-electron chi connectivity index (χ1n) is 5.97. The summed E-state index contributed by atoms with van der Waals surface area (Å²) >= 11 is 0. The Labute approximate surface area is 110 Å². The first-order chi connectivity index (χ1) is 9.10. The molecule has 19 heavy (non-hydrogen) atoms. The predicted octanol–water partition coefficient (Wildman–Crippen LogP) is 0.239. The molecule has 6 heteroatoms. The molecular formula is C13H15FN2O3. The lowest BCUT2D eigenvalue weighted by atomic mass is 9.97. The van der Waals surface area contributed by atoms with Gasteiger partial charge in [0.2, 0.25) is 11.8 Å². The van der Waals surface area contributed by atoms with Crippen molar-refractivity contribution < 1.29 is 18.7 Å². The predicted molar refractivity (Wildman–Crippen MR) is 66.2 cm³/mol. The van der Waals surface area contributed by atoms with Gasteiger partial charge in [0.05, 0.1) is 19.6 Å². The Morgan fingerprint density at radius 2 is 2.16 bits per heavy atom. The van der Waals surface area contributed by atoms with Crippen molar-refractivity contribution in [2.45, 2.75) is 6.42 Å². The highest BCUT2D eigenvalue weighted by Crippen LogP contribution is 2.22. The van der Waals surface area contributed by atoms with Crippen LogP contribution >= 0.6 is 0 Å². The number of ether oxygens (including phenoxy) is 1. The Kier molecular flexibility index (Phi) is 3.99. The first-order valence-corrected chi connectivity index (χ1v) is 5.97. The summed E-state index contributed by atoms with van der Waals surface area (Å²) in [7, 11) is 1.49. The summed E-state index contributed by atoms with van der Waals surface area (Å²) in [5, 5.41) is 5.17. The second-order valence-corrected chi connectivity index (χ2v) is 4.38. The highest BCUT2D eigenvalue weighted by atomic mass is 19.1. The maximum Gasteiger partial charge on any atom is 0.239 e. The maximum atomic E-state index is 13.3. The largest absolute Gasteiger partial charge is 0.496 e. The fraction of sp³-hybridized carbons (Fsp3) is 0.385. The molecule has 1 aliphatic heterocycles. The van der Waals surface area contributed by atoms with Gasteiger partial charge in [-0.2, -0.15) is 0 Å². The van der Waals surface area contributed by atoms with Gasteiger partial charge in [0.15, 0.2) is 0 Å². The van der Waals surface area contributed by atoms with Crippen LogP contribution in [0.15, 0.2) is 18.2 Å². The minimum absolute atomic E-state index is 0.0182. The van der Waals surface area contributed by atoms with E-state index in [1.54, 1.807) is 0 Å². The molecule has 1 heterocycles. The van der Waals surface area contributed by atoms with Crippen LogP contribution in [0.2, 0.25) is 0 Å². The van der Waals surface area contributed by atoms with E-state index in [1.165, 1.54) is 25.3 Å². The number of hydrogen-bond donors (Lipinski definition) is 2. The fourth-order valence-electron chi connectivity index (χ4n) is 2.04. The standard InChI is InChI=1S/C13H15FN2O3/c1-19-11-3-2-10(14)5-8(11)4-9-6-15-12(17)7-16-13(9)18/h2-3,5,9H,4,6-7H2,1H3,(H,15,17)(H,16,18). The number of amides is 2. The van der Waals surface area contributed by atoms with Crippen LogP contribution in [-0.2, 0) is 16.0 Å². The highest BCUT2D eigenvalue weighted by Gasteiger charge is 2.24. The molecule has 5 nitrogen and oxygen atoms in total. The van der Waals surface area contributed by atoms with E-state index in [1.807, 2.05) is 0 Å². The molecule has 0 spiro atoms. The molecule has 2 rings (SSSR count). The molecule has 0 saturated carbocycles. The molecule has 0 radical (unpaired) electrons. The van der Waals surface area contributed by atoms with Crippen molar-refractivity contribution in [3.63, 3.8) is 0 Å². The van der Waals surface area contributed by atoms with Crippen LogP contribution in [0.5, 0.6) is 5.75 Å². The lowest BCUT2D eigenvalue weighted by Crippen LogP contribution is -2.32. The van der Waals surface area contributed by atoms with Gasteiger partial charge < -0.3 is 15.4 Å². The van der Waals surface area contributed by atoms with Gasteiger partial charge in [-0.1, -0.05) is 0 Å². The summed E-state index contributed by atoms with van der Waals surface area (Å²) in [6.07, 6.45) is 0.313. The van der Waals surface area contributed by atoms with Gasteiger partial charge in [-0.15, -0.1) is 0 Å². The quantitative estimate of drug-likeness (QED) is 0.823. The summed E-state index contributed by atoms with van der Waals surface area (Å²) in [4.78, 5) is 23.0. The Bertz CT molecular complexity index is 505. The van der Waals surface area contributed by atoms with Gasteiger partial charge >= 0.3 is 0 Å². The molecule has 1 atom stereocenters. The van der Waals surface area contributed by atoms with E-state index in [-0.39, 0.29) is 30.7 Å². The van der Waals surface area contributed by atoms with E-state index in [4.69, 9.17) is 4.74 Å². The molecule has 1 unspecified atom stereocenters. The smallest absolute Gasteiger partial charge is 0.239 e. The number of hydrogen-bond acceptors (Lipinski definition) is 3. The maximum absolute atomic E-state index is 13.3. The first kappa shape index (κ1) is 13.3. The number of benzene rings is 1. The molecule has 2 N–H and O–H groups in total. The Balaban J connectivity index is 2.17. The topological polar surface area (TPSA) is 67.4 Å². The molecular weight excluding hydrogens is 251 g/mol. The van der Waals surface area contributed by atoms with Crippen LogP contribution in [0, 0.1) is 11.7 Å². The van der Waals surface area contributed by atoms with Crippen LogP contribution in [0.1, 0.15) is 5.56 Å². The number of carbonyl (C=O) groups excluding carboxylic acids is 2. The van der Waals surface area contributed by atoms with Crippen LogP contribution < -0.4 is 15.4 Å². The summed E-state index contributed by atoms with van der Waals surface area (Å²) in [5.41, 5.74) is 0.610. The lowest BCUT2D eigenvalue weighted by molar-refractivity contribution is -0.125. The van der Waals surface area contributed by atoms with Crippen LogP contribution in [0.25, 0.3) is 0 Å². The van der Waals surface area contributed by atoms with Gasteiger partial charge in [-0.05, 0) is 30.2 Å². The van der Waals surface area contributed by atoms with Gasteiger partial charge in [0.25, 0.3) is 0 Å². The zero-order chi connectivity index (χ0) is 13.8. The van der Waals surface area contributed by atoms with Crippen molar-refractivity contribution in [2.24, 2.45) is 5.92 Å². The Morgan fingerprint density at radius 3 is 2.89 bits per heavy atom. The molecule has 1 aromatic carbocycles. The van der Waals surface area contributed by atoms with Gasteiger partial charge in [-0.3, -0.25) is 9.59 Å². The number of rotatable bonds is 3. The Morgan fingerprint density at radius 1 is 1.37 bits per heavy atom. The molecule has 1 aromatic rings. The number of methoxy groups -OCH3 is 1. The third-order valence-electron chi connectivity index (χ3n) is 3.05. The van der Waals surface area contributed by atoms with Crippen molar-refractivity contribution in [1.82, 2.24) is 10.6 Å². The van der Waals surface area contributed by atoms with Crippen LogP contribution in [0.3, 0.4) is 0 Å². The van der Waals surface area contributed by atoms with Gasteiger partial charge in [0, 0.05) is 6.54 Å². The number of halogens is 1. The molecule has 102 valence electrons. The van der Waals surface area contributed by atoms with E-state index >= 15 is 0 Å². The van der Waals surface area contributed by atoms with Crippen molar-refractivity contribution in [3.05, 3.63) is 29.6 Å². The second kappa shape index (κ2) is 5.69. The van der Waals surface area contributed by atoms with Crippen molar-refractivity contribution in [2.75, 3.05) is 20.2 Å². The third-order valence-corrected chi connectivity index (χ3v) is 3.05. The van der Waals surface area contributed by atoms with Gasteiger partial charge in [-0.25, -0.2) is 4.39 Å². The zero-order valence-electron chi connectivity index (χ0n) is 10.5. The van der Waals surface area contributed by atoms with Crippen molar-refractivity contribution in [3.8, 4) is 5.75 Å². The van der Waals surface area contributed by atoms with Crippen LogP contribution in [0.4, 0.5) is 4.39 Å². The fourth-order valence-corrected chi connectivity index (χ4v) is 2.04. The van der Waals surface area contributed by atoms with E-state index in [0.717, 1.165) is 0 Å². The van der Waals surface area contributed by atoms with Crippen molar-refractivity contribution >= 4 is 11.8 Å². The second-order valence-electron chi connectivity index (χ2n) is 4.38. The van der Waals surface area contributed by atoms with Gasteiger partial charge in [0.1, 0.15) is 11.6 Å². The molecule has 0 aromatic heterocycles. The zero-order valence-corrected chi connectivity index (χ0v) is 10.5. The summed E-state index contributed by atoms with van der Waals surface area (Å²) in [6.45, 7) is 0.222. The third kappa shape index (κ3) is 3.21. The molecule has 1 aliphatic rings. The van der Waals surface area contributed by atoms with E-state index < -0.39 is 5.92 Å². The lowest BCUT2D eigenvalue weighted by Gasteiger charge is -2.15.